The predicted octanol–water partition coefficient (Wildman–Crippen LogP) is 2.36. The van der Waals surface area contributed by atoms with Gasteiger partial charge in [-0.2, -0.15) is 23.4 Å². The summed E-state index contributed by atoms with van der Waals surface area (Å²) in [5.41, 5.74) is 1.88. The molecule has 1 aliphatic heterocycles. The lowest BCUT2D eigenvalue weighted by Crippen LogP contribution is -2.32. The summed E-state index contributed by atoms with van der Waals surface area (Å²) in [6, 6.07) is 4.20. The van der Waals surface area contributed by atoms with Crippen molar-refractivity contribution in [2.75, 3.05) is 7.11 Å². The highest BCUT2D eigenvalue weighted by molar-refractivity contribution is 6.21. The number of carbonyl (C=O) groups excluding carboxylic acids is 1. The number of nitrogens with one attached hydrogen (secondary N) is 1. The fraction of sp³-hybridized carbons (Fsp3) is 0.400. The topological polar surface area (TPSA) is 68.0 Å². The van der Waals surface area contributed by atoms with Crippen molar-refractivity contribution in [1.82, 2.24) is 15.0 Å². The van der Waals surface area contributed by atoms with Crippen molar-refractivity contribution < 1.29 is 22.7 Å². The van der Waals surface area contributed by atoms with E-state index in [1.54, 1.807) is 26.0 Å². The number of carbonyl (C=O) groups is 1. The molecule has 0 atom stereocenters. The first-order valence-corrected chi connectivity index (χ1v) is 7.13. The van der Waals surface area contributed by atoms with Gasteiger partial charge < -0.3 is 4.74 Å². The number of alkyl halides is 3. The van der Waals surface area contributed by atoms with Gasteiger partial charge in [0.05, 0.1) is 28.9 Å². The molecule has 2 aromatic heterocycles. The summed E-state index contributed by atoms with van der Waals surface area (Å²) < 4.78 is 45.4. The van der Waals surface area contributed by atoms with E-state index >= 15 is 0 Å². The lowest BCUT2D eigenvalue weighted by molar-refractivity contribution is -0.141. The molecule has 128 valence electrons. The summed E-state index contributed by atoms with van der Waals surface area (Å²) in [6.45, 7) is 3.42. The molecule has 0 saturated heterocycles. The van der Waals surface area contributed by atoms with E-state index in [4.69, 9.17) is 4.74 Å². The first kappa shape index (κ1) is 16.4. The van der Waals surface area contributed by atoms with Gasteiger partial charge in [-0.25, -0.2) is 9.94 Å². The third-order valence-corrected chi connectivity index (χ3v) is 3.97. The number of nitrogens with zero attached hydrogens (tertiary/aromatic N) is 3. The minimum absolute atomic E-state index is 0.100. The zero-order chi connectivity index (χ0) is 17.7. The highest BCUT2D eigenvalue weighted by atomic mass is 19.4. The molecule has 1 N–H and O–H groups in total. The predicted molar refractivity (Wildman–Crippen MR) is 79.4 cm³/mol. The van der Waals surface area contributed by atoms with Crippen LogP contribution in [0.4, 0.5) is 13.2 Å². The van der Waals surface area contributed by atoms with Gasteiger partial charge in [0.25, 0.3) is 5.91 Å². The Kier molecular flexibility index (Phi) is 3.63. The van der Waals surface area contributed by atoms with Crippen molar-refractivity contribution >= 4 is 17.1 Å². The van der Waals surface area contributed by atoms with Gasteiger partial charge in [-0.05, 0) is 32.0 Å². The minimum Gasteiger partial charge on any atom is -0.378 e. The van der Waals surface area contributed by atoms with E-state index in [-0.39, 0.29) is 18.0 Å². The Balaban J connectivity index is 2.25. The molecule has 0 unspecified atom stereocenters. The number of methoxy groups -OCH3 is 1. The van der Waals surface area contributed by atoms with Crippen molar-refractivity contribution in [1.29, 1.82) is 0 Å². The third-order valence-electron chi connectivity index (χ3n) is 3.97. The lowest BCUT2D eigenvalue weighted by Gasteiger charge is -2.18. The molecule has 1 amide bonds. The normalized spacial score (nSPS) is 17.2. The molecule has 3 heterocycles. The van der Waals surface area contributed by atoms with Gasteiger partial charge in [0.1, 0.15) is 0 Å². The van der Waals surface area contributed by atoms with Crippen molar-refractivity contribution in [2.24, 2.45) is 10.5 Å². The van der Waals surface area contributed by atoms with Crippen LogP contribution in [-0.2, 0) is 22.3 Å². The number of ether oxygens (including phenoxy) is 1. The van der Waals surface area contributed by atoms with Crippen molar-refractivity contribution in [3.8, 4) is 0 Å². The average molecular weight is 340 g/mol. The number of fused-ring (bicyclic) bond motifs is 1. The number of pyridine rings is 1. The Labute approximate surface area is 135 Å². The maximum Gasteiger partial charge on any atom is 0.435 e. The van der Waals surface area contributed by atoms with Crippen molar-refractivity contribution in [3.63, 3.8) is 0 Å². The third kappa shape index (κ3) is 2.44. The Morgan fingerprint density at radius 2 is 2.04 bits per heavy atom. The first-order valence-electron chi connectivity index (χ1n) is 7.13. The van der Waals surface area contributed by atoms with Gasteiger partial charge in [-0.3, -0.25) is 4.79 Å². The van der Waals surface area contributed by atoms with Gasteiger partial charge in [0, 0.05) is 12.7 Å². The number of hydrogen-bond donors (Lipinski definition) is 1. The van der Waals surface area contributed by atoms with E-state index in [0.29, 0.717) is 17.0 Å². The monoisotopic (exact) mass is 340 g/mol. The van der Waals surface area contributed by atoms with E-state index < -0.39 is 17.3 Å². The second-order valence-electron chi connectivity index (χ2n) is 6.02. The van der Waals surface area contributed by atoms with E-state index in [1.807, 2.05) is 0 Å². The molecule has 9 heteroatoms. The van der Waals surface area contributed by atoms with Crippen LogP contribution in [0.15, 0.2) is 23.3 Å². The summed E-state index contributed by atoms with van der Waals surface area (Å²) in [5.74, 6) is -0.313. The van der Waals surface area contributed by atoms with Gasteiger partial charge in [-0.1, -0.05) is 0 Å². The van der Waals surface area contributed by atoms with Crippen LogP contribution in [-0.4, -0.2) is 28.3 Å². The molecule has 0 radical (unpaired) electrons. The quantitative estimate of drug-likeness (QED) is 0.933. The Morgan fingerprint density at radius 1 is 1.33 bits per heavy atom. The molecule has 0 fully saturated rings. The van der Waals surface area contributed by atoms with Crippen LogP contribution in [0.5, 0.6) is 0 Å². The van der Waals surface area contributed by atoms with Gasteiger partial charge in [0.15, 0.2) is 5.69 Å². The second-order valence-corrected chi connectivity index (χ2v) is 6.02. The fourth-order valence-electron chi connectivity index (χ4n) is 2.61. The lowest BCUT2D eigenvalue weighted by atomic mass is 9.83. The maximum atomic E-state index is 13.1. The van der Waals surface area contributed by atoms with E-state index in [2.05, 4.69) is 15.6 Å². The van der Waals surface area contributed by atoms with Crippen LogP contribution in [0.2, 0.25) is 0 Å². The van der Waals surface area contributed by atoms with Crippen molar-refractivity contribution in [3.05, 3.63) is 35.2 Å². The number of halogens is 3. The summed E-state index contributed by atoms with van der Waals surface area (Å²) in [6.07, 6.45) is -4.57. The number of hydrazone groups is 1. The SMILES string of the molecule is COCc1ccc(C2=NNC(=O)C2(C)C)c2cc(C(F)(F)F)nn12. The molecule has 0 aromatic carbocycles. The molecule has 24 heavy (non-hydrogen) atoms. The maximum absolute atomic E-state index is 13.1. The van der Waals surface area contributed by atoms with E-state index in [9.17, 15) is 18.0 Å². The highest BCUT2D eigenvalue weighted by Gasteiger charge is 2.41. The first-order chi connectivity index (χ1) is 11.2. The summed E-state index contributed by atoms with van der Waals surface area (Å²) in [7, 11) is 1.45. The molecule has 1 aliphatic rings. The van der Waals surface area contributed by atoms with Crippen molar-refractivity contribution in [2.45, 2.75) is 26.6 Å². The van der Waals surface area contributed by atoms with Crippen LogP contribution in [0.3, 0.4) is 0 Å². The van der Waals surface area contributed by atoms with Gasteiger partial charge in [0.2, 0.25) is 0 Å². The molecular formula is C15H15F3N4O2. The summed E-state index contributed by atoms with van der Waals surface area (Å²) in [4.78, 5) is 11.9. The number of hydrogen-bond acceptors (Lipinski definition) is 4. The summed E-state index contributed by atoms with van der Waals surface area (Å²) >= 11 is 0. The molecule has 0 spiro atoms. The molecule has 0 bridgehead atoms. The number of aromatic nitrogens is 2. The zero-order valence-electron chi connectivity index (χ0n) is 13.2. The van der Waals surface area contributed by atoms with E-state index in [0.717, 1.165) is 6.07 Å². The van der Waals surface area contributed by atoms with Crippen LogP contribution >= 0.6 is 0 Å². The van der Waals surface area contributed by atoms with Crippen LogP contribution in [0.1, 0.15) is 30.8 Å². The number of rotatable bonds is 3. The van der Waals surface area contributed by atoms with Crippen LogP contribution in [0, 0.1) is 5.41 Å². The zero-order valence-corrected chi connectivity index (χ0v) is 13.2. The number of amides is 1. The Bertz CT molecular complexity index is 852. The fourth-order valence-corrected chi connectivity index (χ4v) is 2.61. The highest BCUT2D eigenvalue weighted by Crippen LogP contribution is 2.33. The standard InChI is InChI=1S/C15H15F3N4O2/c1-14(2)12(19-20-13(14)23)9-5-4-8(7-24-3)22-10(9)6-11(21-22)15(16,17)18/h4-6H,7H2,1-3H3,(H,20,23). The van der Waals surface area contributed by atoms with Gasteiger partial charge >= 0.3 is 6.18 Å². The average Bonchev–Trinajstić information content (AvgIpc) is 3.04. The molecule has 0 saturated carbocycles. The Hall–Kier alpha value is -2.42. The second kappa shape index (κ2) is 5.30. The largest absolute Gasteiger partial charge is 0.435 e. The van der Waals surface area contributed by atoms with Crippen LogP contribution in [0.25, 0.3) is 5.52 Å². The van der Waals surface area contributed by atoms with Crippen LogP contribution < -0.4 is 5.43 Å². The molecular weight excluding hydrogens is 325 g/mol. The van der Waals surface area contributed by atoms with E-state index in [1.165, 1.54) is 11.6 Å². The van der Waals surface area contributed by atoms with Gasteiger partial charge in [-0.15, -0.1) is 0 Å². The smallest absolute Gasteiger partial charge is 0.378 e. The molecule has 6 nitrogen and oxygen atoms in total. The minimum atomic E-state index is -4.57. The molecule has 2 aromatic rings. The molecule has 3 rings (SSSR count). The Morgan fingerprint density at radius 3 is 2.58 bits per heavy atom. The summed E-state index contributed by atoms with van der Waals surface area (Å²) in [5, 5.41) is 7.65. The molecule has 0 aliphatic carbocycles.